The summed E-state index contributed by atoms with van der Waals surface area (Å²) in [7, 11) is 0. The molecule has 0 nitrogen and oxygen atoms in total. The topological polar surface area (TPSA) is 0 Å². The molecule has 1 unspecified atom stereocenters. The molecule has 0 amide bonds. The number of rotatable bonds is 8. The summed E-state index contributed by atoms with van der Waals surface area (Å²) < 4.78 is 27.2. The minimum absolute atomic E-state index is 0.599. The van der Waals surface area contributed by atoms with E-state index >= 15 is 0 Å². The van der Waals surface area contributed by atoms with Gasteiger partial charge in [0.05, 0.1) is 0 Å². The highest BCUT2D eigenvalue weighted by Gasteiger charge is 2.25. The second-order valence-electron chi connectivity index (χ2n) is 8.92. The Balaban J connectivity index is 1.36. The fourth-order valence-electron chi connectivity index (χ4n) is 5.24. The van der Waals surface area contributed by atoms with Crippen molar-refractivity contribution < 1.29 is 8.78 Å². The summed E-state index contributed by atoms with van der Waals surface area (Å²) in [6, 6.07) is 3.11. The van der Waals surface area contributed by atoms with Gasteiger partial charge in [-0.1, -0.05) is 77.2 Å². The van der Waals surface area contributed by atoms with Crippen molar-refractivity contribution in [1.82, 2.24) is 0 Å². The molecule has 0 spiro atoms. The van der Waals surface area contributed by atoms with Gasteiger partial charge in [-0.05, 0) is 60.6 Å². The number of halogens is 2. The van der Waals surface area contributed by atoms with Gasteiger partial charge >= 0.3 is 0 Å². The highest BCUT2D eigenvalue weighted by molar-refractivity contribution is 5.32. The van der Waals surface area contributed by atoms with E-state index in [2.05, 4.69) is 6.92 Å². The third-order valence-electron chi connectivity index (χ3n) is 7.02. The van der Waals surface area contributed by atoms with Crippen LogP contribution in [0.2, 0.25) is 0 Å². The zero-order valence-electron chi connectivity index (χ0n) is 16.5. The Bertz CT molecular complexity index is 558. The lowest BCUT2D eigenvalue weighted by Crippen LogP contribution is -2.19. The van der Waals surface area contributed by atoms with Gasteiger partial charge < -0.3 is 0 Å². The van der Waals surface area contributed by atoms with E-state index in [1.54, 1.807) is 0 Å². The zero-order chi connectivity index (χ0) is 18.4. The number of benzene rings is 1. The van der Waals surface area contributed by atoms with Crippen molar-refractivity contribution in [3.05, 3.63) is 34.9 Å². The Kier molecular flexibility index (Phi) is 7.52. The normalized spacial score (nSPS) is 25.9. The van der Waals surface area contributed by atoms with Gasteiger partial charge in [-0.2, -0.15) is 0 Å². The zero-order valence-corrected chi connectivity index (χ0v) is 16.5. The second kappa shape index (κ2) is 9.85. The lowest BCUT2D eigenvalue weighted by molar-refractivity contribution is 0.233. The summed E-state index contributed by atoms with van der Waals surface area (Å²) in [6.07, 6.45) is 18.0. The van der Waals surface area contributed by atoms with Crippen molar-refractivity contribution in [3.8, 4) is 0 Å². The molecule has 0 saturated heterocycles. The Morgan fingerprint density at radius 2 is 1.50 bits per heavy atom. The molecule has 146 valence electrons. The van der Waals surface area contributed by atoms with Crippen LogP contribution in [0.3, 0.4) is 0 Å². The summed E-state index contributed by atoms with van der Waals surface area (Å²) in [5.74, 6) is 1.28. The van der Waals surface area contributed by atoms with Gasteiger partial charge in [0.15, 0.2) is 11.6 Å². The second-order valence-corrected chi connectivity index (χ2v) is 8.92. The fraction of sp³-hybridized carbons (Fsp3) is 0.750. The van der Waals surface area contributed by atoms with Gasteiger partial charge in [0.1, 0.15) is 0 Å². The monoisotopic (exact) mass is 362 g/mol. The quantitative estimate of drug-likeness (QED) is 0.417. The van der Waals surface area contributed by atoms with Crippen LogP contribution in [0.25, 0.3) is 0 Å². The van der Waals surface area contributed by atoms with Gasteiger partial charge in [-0.25, -0.2) is 8.78 Å². The third-order valence-corrected chi connectivity index (χ3v) is 7.02. The number of fused-ring (bicyclic) bond motifs is 1. The molecule has 0 N–H and O–H groups in total. The van der Waals surface area contributed by atoms with Gasteiger partial charge in [-0.15, -0.1) is 0 Å². The number of hydrogen-bond acceptors (Lipinski definition) is 0. The first-order valence-electron chi connectivity index (χ1n) is 11.1. The van der Waals surface area contributed by atoms with Gasteiger partial charge in [-0.3, -0.25) is 0 Å². The van der Waals surface area contributed by atoms with Crippen molar-refractivity contribution in [2.24, 2.45) is 17.8 Å². The molecule has 1 aromatic carbocycles. The maximum atomic E-state index is 13.9. The van der Waals surface area contributed by atoms with Gasteiger partial charge in [0.2, 0.25) is 0 Å². The first-order valence-corrected chi connectivity index (χ1v) is 11.1. The highest BCUT2D eigenvalue weighted by atomic mass is 19.2. The molecule has 0 radical (unpaired) electrons. The number of hydrogen-bond donors (Lipinski definition) is 0. The van der Waals surface area contributed by atoms with Crippen LogP contribution in [0.4, 0.5) is 8.78 Å². The van der Waals surface area contributed by atoms with Crippen LogP contribution in [0, 0.1) is 29.4 Å². The Morgan fingerprint density at radius 1 is 0.808 bits per heavy atom. The van der Waals surface area contributed by atoms with Crippen LogP contribution < -0.4 is 0 Å². The van der Waals surface area contributed by atoms with Gasteiger partial charge in [0.25, 0.3) is 0 Å². The van der Waals surface area contributed by atoms with Crippen molar-refractivity contribution in [3.63, 3.8) is 0 Å². The summed E-state index contributed by atoms with van der Waals surface area (Å²) >= 11 is 0. The predicted octanol–water partition coefficient (Wildman–Crippen LogP) is 7.63. The Labute approximate surface area is 158 Å². The molecule has 1 aromatic rings. The summed E-state index contributed by atoms with van der Waals surface area (Å²) in [5.41, 5.74) is 1.70. The van der Waals surface area contributed by atoms with Crippen LogP contribution in [-0.2, 0) is 12.8 Å². The molecule has 1 saturated carbocycles. The van der Waals surface area contributed by atoms with Crippen molar-refractivity contribution in [1.29, 1.82) is 0 Å². The largest absolute Gasteiger partial charge is 0.204 e. The first-order chi connectivity index (χ1) is 12.7. The molecule has 1 fully saturated rings. The number of unbranched alkanes of at least 4 members (excludes halogenated alkanes) is 3. The molecule has 0 bridgehead atoms. The smallest absolute Gasteiger partial charge is 0.162 e. The average Bonchev–Trinajstić information content (AvgIpc) is 2.67. The lowest BCUT2D eigenvalue weighted by atomic mass is 9.75. The van der Waals surface area contributed by atoms with E-state index in [1.165, 1.54) is 76.7 Å². The van der Waals surface area contributed by atoms with E-state index in [0.29, 0.717) is 17.9 Å². The van der Waals surface area contributed by atoms with E-state index in [4.69, 9.17) is 0 Å². The minimum Gasteiger partial charge on any atom is -0.204 e. The van der Waals surface area contributed by atoms with Gasteiger partial charge in [0, 0.05) is 0 Å². The maximum Gasteiger partial charge on any atom is 0.162 e. The molecule has 2 heteroatoms. The fourth-order valence-corrected chi connectivity index (χ4v) is 5.24. The molecular formula is C24H36F2. The van der Waals surface area contributed by atoms with Crippen LogP contribution >= 0.6 is 0 Å². The van der Waals surface area contributed by atoms with E-state index < -0.39 is 11.6 Å². The van der Waals surface area contributed by atoms with Crippen molar-refractivity contribution >= 4 is 0 Å². The molecule has 0 aliphatic heterocycles. The van der Waals surface area contributed by atoms with Crippen LogP contribution in [-0.4, -0.2) is 0 Å². The summed E-state index contributed by atoms with van der Waals surface area (Å²) in [4.78, 5) is 0. The van der Waals surface area contributed by atoms with E-state index in [0.717, 1.165) is 30.2 Å². The minimum atomic E-state index is -0.686. The molecule has 2 aliphatic carbocycles. The average molecular weight is 363 g/mol. The van der Waals surface area contributed by atoms with E-state index in [-0.39, 0.29) is 0 Å². The predicted molar refractivity (Wildman–Crippen MR) is 105 cm³/mol. The first kappa shape index (κ1) is 19.8. The van der Waals surface area contributed by atoms with Crippen LogP contribution in [0.15, 0.2) is 12.1 Å². The molecule has 0 aromatic heterocycles. The molecule has 1 atom stereocenters. The summed E-state index contributed by atoms with van der Waals surface area (Å²) in [5, 5.41) is 0. The van der Waals surface area contributed by atoms with Crippen LogP contribution in [0.5, 0.6) is 0 Å². The Morgan fingerprint density at radius 3 is 2.23 bits per heavy atom. The highest BCUT2D eigenvalue weighted by Crippen LogP contribution is 2.37. The maximum absolute atomic E-state index is 13.9. The third kappa shape index (κ3) is 5.30. The van der Waals surface area contributed by atoms with Crippen molar-refractivity contribution in [2.45, 2.75) is 96.8 Å². The lowest BCUT2D eigenvalue weighted by Gasteiger charge is -2.31. The summed E-state index contributed by atoms with van der Waals surface area (Å²) in [6.45, 7) is 2.28. The molecular weight excluding hydrogens is 326 g/mol. The molecule has 0 heterocycles. The SMILES string of the molecule is CCCCCCC1CCC(CCC2CCc3c(ccc(F)c3F)C2)CC1. The van der Waals surface area contributed by atoms with Crippen LogP contribution in [0.1, 0.15) is 95.1 Å². The van der Waals surface area contributed by atoms with E-state index in [9.17, 15) is 8.78 Å². The molecule has 3 rings (SSSR count). The Hall–Kier alpha value is -0.920. The standard InChI is InChI=1S/C24H36F2/c1-2-3-4-5-6-18-7-9-19(10-8-18)11-12-20-13-15-22-21(17-20)14-16-23(25)24(22)26/h14,16,18-20H,2-13,15,17H2,1H3. The van der Waals surface area contributed by atoms with Crippen molar-refractivity contribution in [2.75, 3.05) is 0 Å². The molecule has 26 heavy (non-hydrogen) atoms. The molecule has 2 aliphatic rings. The van der Waals surface area contributed by atoms with E-state index in [1.807, 2.05) is 6.07 Å².